The highest BCUT2D eigenvalue weighted by Gasteiger charge is 2.01. The monoisotopic (exact) mass is 272 g/mol. The van der Waals surface area contributed by atoms with Gasteiger partial charge in [-0.05, 0) is 42.0 Å². The minimum Gasteiger partial charge on any atom is -0.355 e. The van der Waals surface area contributed by atoms with Crippen LogP contribution in [-0.2, 0) is 0 Å². The Morgan fingerprint density at radius 3 is 2.58 bits per heavy atom. The Morgan fingerprint density at radius 2 is 1.95 bits per heavy atom. The van der Waals surface area contributed by atoms with Crippen molar-refractivity contribution in [1.82, 2.24) is 5.32 Å². The van der Waals surface area contributed by atoms with Crippen molar-refractivity contribution in [3.63, 3.8) is 0 Å². The number of rotatable bonds is 3. The molecule has 0 spiro atoms. The van der Waals surface area contributed by atoms with Crippen molar-refractivity contribution in [1.29, 1.82) is 0 Å². The van der Waals surface area contributed by atoms with Gasteiger partial charge in [0.1, 0.15) is 0 Å². The van der Waals surface area contributed by atoms with E-state index in [-0.39, 0.29) is 5.91 Å². The number of halogens is 1. The number of hydrogen-bond acceptors (Lipinski definition) is 2. The predicted molar refractivity (Wildman–Crippen MR) is 78.5 cm³/mol. The lowest BCUT2D eigenvalue weighted by molar-refractivity contribution is 0.0963. The van der Waals surface area contributed by atoms with Gasteiger partial charge < -0.3 is 5.32 Å². The largest absolute Gasteiger partial charge is 0.355 e. The molecule has 3 nitrogen and oxygen atoms in total. The Hall–Kier alpha value is -2.13. The van der Waals surface area contributed by atoms with Crippen LogP contribution in [0.3, 0.4) is 0 Å². The van der Waals surface area contributed by atoms with Gasteiger partial charge in [-0.25, -0.2) is 0 Å². The predicted octanol–water partition coefficient (Wildman–Crippen LogP) is 3.45. The van der Waals surface area contributed by atoms with Gasteiger partial charge in [-0.1, -0.05) is 23.7 Å². The van der Waals surface area contributed by atoms with Crippen molar-refractivity contribution in [2.24, 2.45) is 4.99 Å². The zero-order chi connectivity index (χ0) is 13.7. The summed E-state index contributed by atoms with van der Waals surface area (Å²) in [7, 11) is 1.60. The Labute approximate surface area is 116 Å². The van der Waals surface area contributed by atoms with E-state index in [1.807, 2.05) is 24.3 Å². The van der Waals surface area contributed by atoms with E-state index in [9.17, 15) is 4.79 Å². The fourth-order valence-corrected chi connectivity index (χ4v) is 1.78. The molecule has 0 aliphatic rings. The van der Waals surface area contributed by atoms with Crippen molar-refractivity contribution in [3.8, 4) is 0 Å². The second-order valence-corrected chi connectivity index (χ2v) is 4.38. The quantitative estimate of drug-likeness (QED) is 0.855. The third-order valence-corrected chi connectivity index (χ3v) is 2.80. The number of carbonyl (C=O) groups is 1. The molecule has 0 aromatic heterocycles. The third-order valence-electron chi connectivity index (χ3n) is 2.57. The van der Waals surface area contributed by atoms with Crippen molar-refractivity contribution in [3.05, 3.63) is 64.7 Å². The van der Waals surface area contributed by atoms with Gasteiger partial charge in [0.25, 0.3) is 5.91 Å². The molecule has 0 bridgehead atoms. The molecule has 0 saturated carbocycles. The van der Waals surface area contributed by atoms with E-state index >= 15 is 0 Å². The molecule has 0 aliphatic heterocycles. The molecular weight excluding hydrogens is 260 g/mol. The summed E-state index contributed by atoms with van der Waals surface area (Å²) in [5.74, 6) is -0.106. The summed E-state index contributed by atoms with van der Waals surface area (Å²) in [6.07, 6.45) is 1.74. The van der Waals surface area contributed by atoms with Gasteiger partial charge in [-0.2, -0.15) is 0 Å². The second-order valence-electron chi connectivity index (χ2n) is 3.94. The van der Waals surface area contributed by atoms with Crippen LogP contribution in [0.15, 0.2) is 53.5 Å². The van der Waals surface area contributed by atoms with Crippen LogP contribution in [0.4, 0.5) is 5.69 Å². The van der Waals surface area contributed by atoms with E-state index in [1.54, 1.807) is 37.5 Å². The summed E-state index contributed by atoms with van der Waals surface area (Å²) in [6.45, 7) is 0. The van der Waals surface area contributed by atoms with Gasteiger partial charge in [-0.3, -0.25) is 9.79 Å². The summed E-state index contributed by atoms with van der Waals surface area (Å²) < 4.78 is 0. The van der Waals surface area contributed by atoms with Crippen LogP contribution >= 0.6 is 11.6 Å². The molecule has 0 saturated heterocycles. The lowest BCUT2D eigenvalue weighted by atomic mass is 10.2. The molecule has 19 heavy (non-hydrogen) atoms. The number of hydrogen-bond donors (Lipinski definition) is 1. The standard InChI is InChI=1S/C15H13ClN2O/c1-17-15(19)12-5-7-14(8-6-12)18-10-11-3-2-4-13(16)9-11/h2-10H,1H3,(H,17,19). The first-order valence-electron chi connectivity index (χ1n) is 5.81. The van der Waals surface area contributed by atoms with Gasteiger partial charge in [-0.15, -0.1) is 0 Å². The van der Waals surface area contributed by atoms with E-state index in [2.05, 4.69) is 10.3 Å². The molecular formula is C15H13ClN2O. The third kappa shape index (κ3) is 3.66. The van der Waals surface area contributed by atoms with Crippen LogP contribution in [0.5, 0.6) is 0 Å². The summed E-state index contributed by atoms with van der Waals surface area (Å²) in [5, 5.41) is 3.25. The molecule has 1 amide bonds. The number of carbonyl (C=O) groups excluding carboxylic acids is 1. The summed E-state index contributed by atoms with van der Waals surface area (Å²) >= 11 is 5.89. The maximum atomic E-state index is 11.4. The number of aliphatic imine (C=N–C) groups is 1. The number of nitrogens with one attached hydrogen (secondary N) is 1. The van der Waals surface area contributed by atoms with E-state index in [1.165, 1.54) is 0 Å². The Kier molecular flexibility index (Phi) is 4.31. The minimum atomic E-state index is -0.106. The molecule has 2 aromatic rings. The van der Waals surface area contributed by atoms with Crippen molar-refractivity contribution < 1.29 is 4.79 Å². The van der Waals surface area contributed by atoms with Crippen LogP contribution < -0.4 is 5.32 Å². The molecule has 1 N–H and O–H groups in total. The molecule has 2 aromatic carbocycles. The molecule has 4 heteroatoms. The average molecular weight is 273 g/mol. The molecule has 0 atom stereocenters. The maximum absolute atomic E-state index is 11.4. The highest BCUT2D eigenvalue weighted by atomic mass is 35.5. The molecule has 2 rings (SSSR count). The SMILES string of the molecule is CNC(=O)c1ccc(N=Cc2cccc(Cl)c2)cc1. The average Bonchev–Trinajstić information content (AvgIpc) is 2.45. The van der Waals surface area contributed by atoms with Crippen molar-refractivity contribution >= 4 is 29.4 Å². The first-order chi connectivity index (χ1) is 9.19. The zero-order valence-corrected chi connectivity index (χ0v) is 11.2. The van der Waals surface area contributed by atoms with Gasteiger partial charge in [0.15, 0.2) is 0 Å². The first-order valence-corrected chi connectivity index (χ1v) is 6.18. The Balaban J connectivity index is 2.13. The molecule has 0 heterocycles. The second kappa shape index (κ2) is 6.16. The lowest BCUT2D eigenvalue weighted by Gasteiger charge is -1.99. The maximum Gasteiger partial charge on any atom is 0.251 e. The van der Waals surface area contributed by atoms with Gasteiger partial charge in [0.05, 0.1) is 5.69 Å². The van der Waals surface area contributed by atoms with Crippen LogP contribution in [0, 0.1) is 0 Å². The van der Waals surface area contributed by atoms with Gasteiger partial charge >= 0.3 is 0 Å². The van der Waals surface area contributed by atoms with E-state index < -0.39 is 0 Å². The minimum absolute atomic E-state index is 0.106. The molecule has 0 radical (unpaired) electrons. The smallest absolute Gasteiger partial charge is 0.251 e. The van der Waals surface area contributed by atoms with Crippen LogP contribution in [0.1, 0.15) is 15.9 Å². The van der Waals surface area contributed by atoms with Crippen LogP contribution in [0.25, 0.3) is 0 Å². The number of amides is 1. The summed E-state index contributed by atoms with van der Waals surface area (Å²) in [5.41, 5.74) is 2.33. The van der Waals surface area contributed by atoms with Crippen molar-refractivity contribution in [2.45, 2.75) is 0 Å². The molecule has 0 fully saturated rings. The first kappa shape index (κ1) is 13.3. The number of benzene rings is 2. The topological polar surface area (TPSA) is 41.5 Å². The lowest BCUT2D eigenvalue weighted by Crippen LogP contribution is -2.17. The van der Waals surface area contributed by atoms with Gasteiger partial charge in [0.2, 0.25) is 0 Å². The van der Waals surface area contributed by atoms with Gasteiger partial charge in [0, 0.05) is 23.8 Å². The molecule has 96 valence electrons. The Morgan fingerprint density at radius 1 is 1.21 bits per heavy atom. The number of nitrogens with zero attached hydrogens (tertiary/aromatic N) is 1. The van der Waals surface area contributed by atoms with E-state index in [0.717, 1.165) is 11.3 Å². The van der Waals surface area contributed by atoms with Crippen LogP contribution in [-0.4, -0.2) is 19.2 Å². The van der Waals surface area contributed by atoms with Crippen molar-refractivity contribution in [2.75, 3.05) is 7.05 Å². The zero-order valence-electron chi connectivity index (χ0n) is 10.4. The highest BCUT2D eigenvalue weighted by Crippen LogP contribution is 2.14. The normalized spacial score (nSPS) is 10.6. The van der Waals surface area contributed by atoms with Crippen LogP contribution in [0.2, 0.25) is 5.02 Å². The Bertz CT molecular complexity index is 606. The van der Waals surface area contributed by atoms with E-state index in [4.69, 9.17) is 11.6 Å². The summed E-state index contributed by atoms with van der Waals surface area (Å²) in [6, 6.07) is 14.5. The highest BCUT2D eigenvalue weighted by molar-refractivity contribution is 6.30. The van der Waals surface area contributed by atoms with E-state index in [0.29, 0.717) is 10.6 Å². The molecule has 0 unspecified atom stereocenters. The fourth-order valence-electron chi connectivity index (χ4n) is 1.58. The molecule has 0 aliphatic carbocycles. The summed E-state index contributed by atoms with van der Waals surface area (Å²) in [4.78, 5) is 15.7. The fraction of sp³-hybridized carbons (Fsp3) is 0.0667.